The van der Waals surface area contributed by atoms with Crippen LogP contribution >= 0.6 is 0 Å². The Bertz CT molecular complexity index is 602. The molecule has 0 aromatic heterocycles. The number of primary amides is 1. The van der Waals surface area contributed by atoms with Gasteiger partial charge in [-0.15, -0.1) is 13.2 Å². The van der Waals surface area contributed by atoms with Gasteiger partial charge in [0.15, 0.2) is 0 Å². The molecule has 2 atom stereocenters. The summed E-state index contributed by atoms with van der Waals surface area (Å²) in [5, 5.41) is 0. The summed E-state index contributed by atoms with van der Waals surface area (Å²) < 4.78 is 40.1. The molecule has 2 rings (SSSR count). The van der Waals surface area contributed by atoms with E-state index in [1.807, 2.05) is 6.92 Å². The number of ether oxygens (including phenoxy) is 1. The van der Waals surface area contributed by atoms with Crippen molar-refractivity contribution in [1.82, 2.24) is 4.90 Å². The number of alkyl halides is 3. The molecular weight excluding hydrogens is 325 g/mol. The third kappa shape index (κ3) is 4.87. The molecule has 0 radical (unpaired) electrons. The largest absolute Gasteiger partial charge is 0.573 e. The second-order valence-electron chi connectivity index (χ2n) is 5.94. The molecule has 1 fully saturated rings. The maximum Gasteiger partial charge on any atom is 0.573 e. The monoisotopic (exact) mass is 344 g/mol. The van der Waals surface area contributed by atoms with Crippen LogP contribution in [0.5, 0.6) is 5.75 Å². The van der Waals surface area contributed by atoms with Gasteiger partial charge in [-0.3, -0.25) is 9.59 Å². The minimum absolute atomic E-state index is 0.000867. The fourth-order valence-corrected chi connectivity index (χ4v) is 2.77. The number of hydrogen-bond donors (Lipinski definition) is 1. The lowest BCUT2D eigenvalue weighted by molar-refractivity contribution is -0.274. The predicted molar refractivity (Wildman–Crippen MR) is 79.9 cm³/mol. The number of likely N-dealkylation sites (tertiary alicyclic amines) is 1. The number of amides is 2. The Balaban J connectivity index is 1.99. The van der Waals surface area contributed by atoms with Gasteiger partial charge in [-0.05, 0) is 37.5 Å². The summed E-state index contributed by atoms with van der Waals surface area (Å²) in [6.45, 7) is 2.18. The highest BCUT2D eigenvalue weighted by Gasteiger charge is 2.32. The van der Waals surface area contributed by atoms with Crippen LogP contribution in [0.15, 0.2) is 24.3 Å². The summed E-state index contributed by atoms with van der Waals surface area (Å²) >= 11 is 0. The zero-order valence-electron chi connectivity index (χ0n) is 13.2. The Morgan fingerprint density at radius 3 is 2.42 bits per heavy atom. The molecule has 5 nitrogen and oxygen atoms in total. The normalized spacial score (nSPS) is 21.4. The Morgan fingerprint density at radius 1 is 1.25 bits per heavy atom. The van der Waals surface area contributed by atoms with E-state index < -0.39 is 12.3 Å². The fraction of sp³-hybridized carbons (Fsp3) is 0.500. The molecule has 0 spiro atoms. The molecular formula is C16H19F3N2O3. The smallest absolute Gasteiger partial charge is 0.406 e. The predicted octanol–water partition coefficient (Wildman–Crippen LogP) is 2.24. The third-order valence-corrected chi connectivity index (χ3v) is 4.12. The van der Waals surface area contributed by atoms with Gasteiger partial charge in [-0.2, -0.15) is 0 Å². The van der Waals surface area contributed by atoms with Crippen LogP contribution in [0.25, 0.3) is 0 Å². The molecule has 1 aromatic rings. The second kappa shape index (κ2) is 7.11. The van der Waals surface area contributed by atoms with Crippen LogP contribution in [0, 0.1) is 5.92 Å². The molecule has 0 bridgehead atoms. The molecule has 0 saturated carbocycles. The molecule has 132 valence electrons. The first-order valence-corrected chi connectivity index (χ1v) is 7.59. The van der Waals surface area contributed by atoms with E-state index in [1.54, 1.807) is 4.90 Å². The van der Waals surface area contributed by atoms with Crippen molar-refractivity contribution in [2.75, 3.05) is 6.54 Å². The molecule has 8 heteroatoms. The van der Waals surface area contributed by atoms with Gasteiger partial charge in [0.2, 0.25) is 11.8 Å². The van der Waals surface area contributed by atoms with Crippen molar-refractivity contribution in [3.63, 3.8) is 0 Å². The molecule has 2 unspecified atom stereocenters. The van der Waals surface area contributed by atoms with Crippen molar-refractivity contribution >= 4 is 11.8 Å². The number of carbonyl (C=O) groups excluding carboxylic acids is 2. The van der Waals surface area contributed by atoms with Crippen LogP contribution in [0.1, 0.15) is 25.3 Å². The van der Waals surface area contributed by atoms with E-state index in [4.69, 9.17) is 5.73 Å². The van der Waals surface area contributed by atoms with Gasteiger partial charge in [0.1, 0.15) is 5.75 Å². The van der Waals surface area contributed by atoms with E-state index in [-0.39, 0.29) is 36.6 Å². The van der Waals surface area contributed by atoms with E-state index >= 15 is 0 Å². The molecule has 2 N–H and O–H groups in total. The maximum atomic E-state index is 12.4. The van der Waals surface area contributed by atoms with Gasteiger partial charge in [0, 0.05) is 12.6 Å². The van der Waals surface area contributed by atoms with Crippen molar-refractivity contribution in [3.8, 4) is 5.75 Å². The van der Waals surface area contributed by atoms with Crippen molar-refractivity contribution in [3.05, 3.63) is 29.8 Å². The highest BCUT2D eigenvalue weighted by Crippen LogP contribution is 2.25. The molecule has 1 aliphatic rings. The van der Waals surface area contributed by atoms with Crippen LogP contribution in [-0.4, -0.2) is 35.7 Å². The molecule has 1 saturated heterocycles. The SMILES string of the molecule is CC1CCC(C(N)=O)CN1C(=O)Cc1ccc(OC(F)(F)F)cc1. The van der Waals surface area contributed by atoms with Crippen LogP contribution < -0.4 is 10.5 Å². The maximum absolute atomic E-state index is 12.4. The standard InChI is InChI=1S/C16H19F3N2O3/c1-10-2-5-12(15(20)23)9-21(10)14(22)8-11-3-6-13(7-4-11)24-16(17,18)19/h3-4,6-7,10,12H,2,5,8-9H2,1H3,(H2,20,23). The van der Waals surface area contributed by atoms with E-state index in [1.165, 1.54) is 24.3 Å². The lowest BCUT2D eigenvalue weighted by atomic mass is 9.92. The van der Waals surface area contributed by atoms with Crippen LogP contribution in [0.4, 0.5) is 13.2 Å². The van der Waals surface area contributed by atoms with Gasteiger partial charge in [-0.25, -0.2) is 0 Å². The van der Waals surface area contributed by atoms with E-state index in [2.05, 4.69) is 4.74 Å². The number of benzene rings is 1. The average molecular weight is 344 g/mol. The molecule has 0 aliphatic carbocycles. The molecule has 24 heavy (non-hydrogen) atoms. The number of piperidine rings is 1. The quantitative estimate of drug-likeness (QED) is 0.910. The minimum Gasteiger partial charge on any atom is -0.406 e. The summed E-state index contributed by atoms with van der Waals surface area (Å²) in [7, 11) is 0. The van der Waals surface area contributed by atoms with E-state index in [0.717, 1.165) is 0 Å². The number of carbonyl (C=O) groups is 2. The molecule has 1 aliphatic heterocycles. The molecule has 2 amide bonds. The van der Waals surface area contributed by atoms with E-state index in [9.17, 15) is 22.8 Å². The Hall–Kier alpha value is -2.25. The first-order chi connectivity index (χ1) is 11.2. The van der Waals surface area contributed by atoms with Crippen LogP contribution in [0.3, 0.4) is 0 Å². The minimum atomic E-state index is -4.75. The van der Waals surface area contributed by atoms with Crippen molar-refractivity contribution in [2.45, 2.75) is 38.6 Å². The van der Waals surface area contributed by atoms with Gasteiger partial charge < -0.3 is 15.4 Å². The number of hydrogen-bond acceptors (Lipinski definition) is 3. The highest BCUT2D eigenvalue weighted by atomic mass is 19.4. The van der Waals surface area contributed by atoms with Gasteiger partial charge in [-0.1, -0.05) is 12.1 Å². The summed E-state index contributed by atoms with van der Waals surface area (Å²) in [5.41, 5.74) is 5.88. The average Bonchev–Trinajstić information content (AvgIpc) is 2.48. The number of halogens is 3. The van der Waals surface area contributed by atoms with Crippen LogP contribution in [0.2, 0.25) is 0 Å². The Labute approximate surface area is 137 Å². The van der Waals surface area contributed by atoms with Gasteiger partial charge in [0.25, 0.3) is 0 Å². The Morgan fingerprint density at radius 2 is 1.88 bits per heavy atom. The fourth-order valence-electron chi connectivity index (χ4n) is 2.77. The van der Waals surface area contributed by atoms with Crippen molar-refractivity contribution < 1.29 is 27.5 Å². The first kappa shape index (κ1) is 18.1. The van der Waals surface area contributed by atoms with Crippen LogP contribution in [-0.2, 0) is 16.0 Å². The summed E-state index contributed by atoms with van der Waals surface area (Å²) in [6, 6.07) is 5.17. The lowest BCUT2D eigenvalue weighted by Gasteiger charge is -2.37. The Kier molecular flexibility index (Phi) is 5.36. The molecule has 1 heterocycles. The summed E-state index contributed by atoms with van der Waals surface area (Å²) in [4.78, 5) is 25.4. The zero-order valence-corrected chi connectivity index (χ0v) is 13.2. The number of nitrogens with two attached hydrogens (primary N) is 1. The topological polar surface area (TPSA) is 72.6 Å². The second-order valence-corrected chi connectivity index (χ2v) is 5.94. The van der Waals surface area contributed by atoms with Crippen molar-refractivity contribution in [1.29, 1.82) is 0 Å². The van der Waals surface area contributed by atoms with Gasteiger partial charge >= 0.3 is 6.36 Å². The lowest BCUT2D eigenvalue weighted by Crippen LogP contribution is -2.49. The zero-order chi connectivity index (χ0) is 17.9. The third-order valence-electron chi connectivity index (χ3n) is 4.12. The molecule has 1 aromatic carbocycles. The summed E-state index contributed by atoms with van der Waals surface area (Å²) in [6.07, 6.45) is -3.35. The van der Waals surface area contributed by atoms with Crippen molar-refractivity contribution in [2.24, 2.45) is 11.7 Å². The summed E-state index contributed by atoms with van der Waals surface area (Å²) in [5.74, 6) is -1.29. The van der Waals surface area contributed by atoms with Gasteiger partial charge in [0.05, 0.1) is 12.3 Å². The number of nitrogens with zero attached hydrogens (tertiary/aromatic N) is 1. The van der Waals surface area contributed by atoms with E-state index in [0.29, 0.717) is 18.4 Å². The highest BCUT2D eigenvalue weighted by molar-refractivity contribution is 5.81. The first-order valence-electron chi connectivity index (χ1n) is 7.59. The number of rotatable bonds is 4.